The molecule has 0 aliphatic rings. The second-order valence-corrected chi connectivity index (χ2v) is 4.06. The van der Waals surface area contributed by atoms with Gasteiger partial charge in [0, 0.05) is 18.3 Å². The Morgan fingerprint density at radius 3 is 2.80 bits per heavy atom. The van der Waals surface area contributed by atoms with E-state index in [1.165, 1.54) is 6.20 Å². The summed E-state index contributed by atoms with van der Waals surface area (Å²) in [6, 6.07) is 1.13. The third-order valence-electron chi connectivity index (χ3n) is 1.67. The fourth-order valence-corrected chi connectivity index (χ4v) is 0.946. The molecule has 0 unspecified atom stereocenters. The molecule has 0 saturated carbocycles. The number of hydrogen-bond acceptors (Lipinski definition) is 3. The highest BCUT2D eigenvalue weighted by Crippen LogP contribution is 2.01. The van der Waals surface area contributed by atoms with Gasteiger partial charge in [0.1, 0.15) is 5.82 Å². The zero-order valence-corrected chi connectivity index (χ0v) is 8.75. The van der Waals surface area contributed by atoms with Gasteiger partial charge in [-0.25, -0.2) is 4.39 Å². The monoisotopic (exact) mass is 211 g/mol. The molecule has 3 N–H and O–H groups in total. The van der Waals surface area contributed by atoms with E-state index in [-0.39, 0.29) is 11.5 Å². The first-order valence-corrected chi connectivity index (χ1v) is 4.56. The predicted molar refractivity (Wildman–Crippen MR) is 54.8 cm³/mol. The van der Waals surface area contributed by atoms with E-state index in [9.17, 15) is 9.18 Å². The van der Waals surface area contributed by atoms with E-state index in [4.69, 9.17) is 5.73 Å². The van der Waals surface area contributed by atoms with Gasteiger partial charge in [-0.2, -0.15) is 0 Å². The minimum atomic E-state index is -0.533. The number of carbonyl (C=O) groups excluding carboxylic acids is 1. The minimum absolute atomic E-state index is 0.194. The minimum Gasteiger partial charge on any atom is -0.350 e. The fourth-order valence-electron chi connectivity index (χ4n) is 0.946. The lowest BCUT2D eigenvalue weighted by molar-refractivity contribution is 0.0945. The van der Waals surface area contributed by atoms with Crippen LogP contribution >= 0.6 is 0 Å². The van der Waals surface area contributed by atoms with Crippen molar-refractivity contribution < 1.29 is 9.18 Å². The average Bonchev–Trinajstić information content (AvgIpc) is 2.13. The number of hydrogen-bond donors (Lipinski definition) is 2. The lowest BCUT2D eigenvalue weighted by Gasteiger charge is -2.18. The summed E-state index contributed by atoms with van der Waals surface area (Å²) in [6.45, 7) is 3.90. The lowest BCUT2D eigenvalue weighted by Crippen LogP contribution is -2.45. The maximum absolute atomic E-state index is 12.7. The van der Waals surface area contributed by atoms with Crippen molar-refractivity contribution in [3.05, 3.63) is 29.8 Å². The molecule has 0 bridgehead atoms. The number of aromatic nitrogens is 1. The summed E-state index contributed by atoms with van der Waals surface area (Å²) in [5, 5.41) is 2.60. The molecule has 0 aliphatic carbocycles. The van der Waals surface area contributed by atoms with Crippen LogP contribution in [0.1, 0.15) is 24.2 Å². The maximum Gasteiger partial charge on any atom is 0.253 e. The normalized spacial score (nSPS) is 11.2. The van der Waals surface area contributed by atoms with Crippen LogP contribution < -0.4 is 11.1 Å². The fraction of sp³-hybridized carbons (Fsp3) is 0.400. The van der Waals surface area contributed by atoms with Crippen LogP contribution in [0.25, 0.3) is 0 Å². The molecule has 0 aromatic carbocycles. The number of halogens is 1. The van der Waals surface area contributed by atoms with E-state index in [0.717, 1.165) is 12.3 Å². The summed E-state index contributed by atoms with van der Waals surface area (Å²) in [7, 11) is 0. The van der Waals surface area contributed by atoms with Gasteiger partial charge in [-0.1, -0.05) is 0 Å². The Morgan fingerprint density at radius 2 is 2.27 bits per heavy atom. The Morgan fingerprint density at radius 1 is 1.60 bits per heavy atom. The van der Waals surface area contributed by atoms with Crippen LogP contribution in [0.5, 0.6) is 0 Å². The van der Waals surface area contributed by atoms with Crippen molar-refractivity contribution in [2.75, 3.05) is 6.54 Å². The highest BCUT2D eigenvalue weighted by atomic mass is 19.1. The zero-order valence-electron chi connectivity index (χ0n) is 8.75. The molecule has 0 spiro atoms. The largest absolute Gasteiger partial charge is 0.350 e. The highest BCUT2D eigenvalue weighted by molar-refractivity contribution is 5.93. The highest BCUT2D eigenvalue weighted by Gasteiger charge is 2.13. The second-order valence-electron chi connectivity index (χ2n) is 4.06. The molecule has 0 fully saturated rings. The molecule has 1 rings (SSSR count). The van der Waals surface area contributed by atoms with Gasteiger partial charge in [-0.05, 0) is 19.9 Å². The summed E-state index contributed by atoms with van der Waals surface area (Å²) in [6.07, 6.45) is 2.35. The summed E-state index contributed by atoms with van der Waals surface area (Å²) in [5.74, 6) is -0.907. The third kappa shape index (κ3) is 4.03. The first-order chi connectivity index (χ1) is 6.88. The number of pyridine rings is 1. The Balaban J connectivity index is 2.62. The van der Waals surface area contributed by atoms with E-state index in [1.807, 2.05) is 0 Å². The molecule has 82 valence electrons. The van der Waals surface area contributed by atoms with Crippen molar-refractivity contribution >= 4 is 5.91 Å². The van der Waals surface area contributed by atoms with Gasteiger partial charge in [0.2, 0.25) is 0 Å². The first-order valence-electron chi connectivity index (χ1n) is 4.56. The van der Waals surface area contributed by atoms with E-state index < -0.39 is 11.4 Å². The number of amides is 1. The quantitative estimate of drug-likeness (QED) is 0.772. The van der Waals surface area contributed by atoms with Crippen LogP contribution in [-0.2, 0) is 0 Å². The second kappa shape index (κ2) is 4.35. The Bertz CT molecular complexity index is 360. The van der Waals surface area contributed by atoms with Gasteiger partial charge >= 0.3 is 0 Å². The average molecular weight is 211 g/mol. The molecule has 4 nitrogen and oxygen atoms in total. The van der Waals surface area contributed by atoms with E-state index >= 15 is 0 Å². The Kier molecular flexibility index (Phi) is 3.36. The summed E-state index contributed by atoms with van der Waals surface area (Å²) >= 11 is 0. The molecule has 1 amide bonds. The SMILES string of the molecule is CC(C)(N)CNC(=O)c1cncc(F)c1. The van der Waals surface area contributed by atoms with Crippen molar-refractivity contribution in [1.29, 1.82) is 0 Å². The van der Waals surface area contributed by atoms with Crippen LogP contribution in [0.4, 0.5) is 4.39 Å². The van der Waals surface area contributed by atoms with Crippen LogP contribution in [-0.4, -0.2) is 23.0 Å². The van der Waals surface area contributed by atoms with Gasteiger partial charge in [-0.15, -0.1) is 0 Å². The van der Waals surface area contributed by atoms with Gasteiger partial charge in [0.15, 0.2) is 0 Å². The van der Waals surface area contributed by atoms with Crippen LogP contribution in [0, 0.1) is 5.82 Å². The Labute approximate surface area is 87.7 Å². The van der Waals surface area contributed by atoms with Gasteiger partial charge in [-0.3, -0.25) is 9.78 Å². The van der Waals surface area contributed by atoms with Crippen LogP contribution in [0.3, 0.4) is 0 Å². The van der Waals surface area contributed by atoms with Crippen LogP contribution in [0.15, 0.2) is 18.5 Å². The first kappa shape index (κ1) is 11.6. The number of nitrogens with zero attached hydrogens (tertiary/aromatic N) is 1. The molecule has 1 aromatic rings. The number of rotatable bonds is 3. The zero-order chi connectivity index (χ0) is 11.5. The molecular weight excluding hydrogens is 197 g/mol. The van der Waals surface area contributed by atoms with E-state index in [1.54, 1.807) is 13.8 Å². The van der Waals surface area contributed by atoms with E-state index in [2.05, 4.69) is 10.3 Å². The third-order valence-corrected chi connectivity index (χ3v) is 1.67. The number of nitrogens with one attached hydrogen (secondary N) is 1. The smallest absolute Gasteiger partial charge is 0.253 e. The van der Waals surface area contributed by atoms with Crippen molar-refractivity contribution in [2.45, 2.75) is 19.4 Å². The standard InChI is InChI=1S/C10H14FN3O/c1-10(2,12)6-14-9(15)7-3-8(11)5-13-4-7/h3-5H,6,12H2,1-2H3,(H,14,15). The number of nitrogens with two attached hydrogens (primary N) is 1. The molecule has 0 saturated heterocycles. The van der Waals surface area contributed by atoms with Crippen molar-refractivity contribution in [1.82, 2.24) is 10.3 Å². The Hall–Kier alpha value is -1.49. The summed E-state index contributed by atoms with van der Waals surface area (Å²) in [4.78, 5) is 15.1. The van der Waals surface area contributed by atoms with Gasteiger partial charge in [0.05, 0.1) is 11.8 Å². The molecule has 0 radical (unpaired) electrons. The summed E-state index contributed by atoms with van der Waals surface area (Å²) in [5.41, 5.74) is 5.39. The van der Waals surface area contributed by atoms with Crippen molar-refractivity contribution in [2.24, 2.45) is 5.73 Å². The van der Waals surface area contributed by atoms with Gasteiger partial charge < -0.3 is 11.1 Å². The molecule has 5 heteroatoms. The molecule has 1 heterocycles. The molecule has 0 aliphatic heterocycles. The topological polar surface area (TPSA) is 68.0 Å². The number of carbonyl (C=O) groups is 1. The predicted octanol–water partition coefficient (Wildman–Crippen LogP) is 0.688. The molecular formula is C10H14FN3O. The molecule has 0 atom stereocenters. The maximum atomic E-state index is 12.7. The van der Waals surface area contributed by atoms with Crippen molar-refractivity contribution in [3.63, 3.8) is 0 Å². The van der Waals surface area contributed by atoms with Crippen LogP contribution in [0.2, 0.25) is 0 Å². The van der Waals surface area contributed by atoms with E-state index in [0.29, 0.717) is 6.54 Å². The van der Waals surface area contributed by atoms with Gasteiger partial charge in [0.25, 0.3) is 5.91 Å². The molecule has 1 aromatic heterocycles. The lowest BCUT2D eigenvalue weighted by atomic mass is 10.1. The molecule has 15 heavy (non-hydrogen) atoms. The van der Waals surface area contributed by atoms with Crippen molar-refractivity contribution in [3.8, 4) is 0 Å². The summed E-state index contributed by atoms with van der Waals surface area (Å²) < 4.78 is 12.7.